The van der Waals surface area contributed by atoms with Crippen LogP contribution in [-0.4, -0.2) is 34.4 Å². The molecule has 2 N–H and O–H groups in total. The fourth-order valence-electron chi connectivity index (χ4n) is 2.79. The van der Waals surface area contributed by atoms with Crippen LogP contribution < -0.4 is 10.6 Å². The molecule has 1 aliphatic rings. The summed E-state index contributed by atoms with van der Waals surface area (Å²) in [6, 6.07) is 7.67. The lowest BCUT2D eigenvalue weighted by Gasteiger charge is -2.28. The molecule has 0 unspecified atom stereocenters. The number of hydrogen-bond acceptors (Lipinski definition) is 4. The molecule has 6 nitrogen and oxygen atoms in total. The SMILES string of the molecule is C[C@@H]1C[C@@H](NC(=O)c2cccc(Nc3cnn(C)c3)c2)CCO1. The molecule has 0 aliphatic carbocycles. The molecule has 23 heavy (non-hydrogen) atoms. The molecule has 1 aromatic heterocycles. The van der Waals surface area contributed by atoms with Crippen molar-refractivity contribution in [3.63, 3.8) is 0 Å². The van der Waals surface area contributed by atoms with E-state index in [1.807, 2.05) is 44.4 Å². The lowest BCUT2D eigenvalue weighted by atomic mass is 10.0. The molecule has 6 heteroatoms. The first kappa shape index (κ1) is 15.6. The summed E-state index contributed by atoms with van der Waals surface area (Å²) in [5, 5.41) is 10.5. The monoisotopic (exact) mass is 314 g/mol. The lowest BCUT2D eigenvalue weighted by molar-refractivity contribution is 0.0136. The first-order valence-electron chi connectivity index (χ1n) is 7.88. The second-order valence-corrected chi connectivity index (χ2v) is 5.98. The summed E-state index contributed by atoms with van der Waals surface area (Å²) >= 11 is 0. The minimum atomic E-state index is -0.0427. The zero-order valence-electron chi connectivity index (χ0n) is 13.5. The number of nitrogens with zero attached hydrogens (tertiary/aromatic N) is 2. The first-order chi connectivity index (χ1) is 11.1. The standard InChI is InChI=1S/C17H22N4O2/c1-12-8-15(6-7-23-12)20-17(22)13-4-3-5-14(9-13)19-16-10-18-21(2)11-16/h3-5,9-12,15,19H,6-8H2,1-2H3,(H,20,22)/t12-,15+/m1/s1. The fraction of sp³-hybridized carbons (Fsp3) is 0.412. The minimum absolute atomic E-state index is 0.0427. The highest BCUT2D eigenvalue weighted by Crippen LogP contribution is 2.18. The van der Waals surface area contributed by atoms with Crippen LogP contribution in [0.15, 0.2) is 36.7 Å². The molecule has 1 aromatic carbocycles. The molecule has 0 spiro atoms. The van der Waals surface area contributed by atoms with Crippen LogP contribution in [0.5, 0.6) is 0 Å². The van der Waals surface area contributed by atoms with Crippen molar-refractivity contribution in [1.82, 2.24) is 15.1 Å². The first-order valence-corrected chi connectivity index (χ1v) is 7.88. The van der Waals surface area contributed by atoms with Gasteiger partial charge in [0.15, 0.2) is 0 Å². The Kier molecular flexibility index (Phi) is 4.62. The van der Waals surface area contributed by atoms with Crippen LogP contribution in [0.4, 0.5) is 11.4 Å². The number of anilines is 2. The molecule has 2 atom stereocenters. The van der Waals surface area contributed by atoms with Crippen molar-refractivity contribution < 1.29 is 9.53 Å². The summed E-state index contributed by atoms with van der Waals surface area (Å²) in [4.78, 5) is 12.4. The average molecular weight is 314 g/mol. The van der Waals surface area contributed by atoms with Gasteiger partial charge in [-0.05, 0) is 38.0 Å². The number of carbonyl (C=O) groups is 1. The number of aryl methyl sites for hydroxylation is 1. The van der Waals surface area contributed by atoms with Crippen LogP contribution in [-0.2, 0) is 11.8 Å². The van der Waals surface area contributed by atoms with Crippen molar-refractivity contribution in [3.8, 4) is 0 Å². The van der Waals surface area contributed by atoms with Crippen molar-refractivity contribution in [2.75, 3.05) is 11.9 Å². The smallest absolute Gasteiger partial charge is 0.251 e. The molecule has 1 aliphatic heterocycles. The van der Waals surface area contributed by atoms with Gasteiger partial charge in [-0.3, -0.25) is 9.48 Å². The molecular weight excluding hydrogens is 292 g/mol. The van der Waals surface area contributed by atoms with E-state index in [-0.39, 0.29) is 18.1 Å². The van der Waals surface area contributed by atoms with Crippen molar-refractivity contribution in [2.24, 2.45) is 7.05 Å². The summed E-state index contributed by atoms with van der Waals surface area (Å²) in [5.41, 5.74) is 2.41. The van der Waals surface area contributed by atoms with E-state index in [0.717, 1.165) is 24.2 Å². The molecule has 0 radical (unpaired) electrons. The fourth-order valence-corrected chi connectivity index (χ4v) is 2.79. The van der Waals surface area contributed by atoms with Gasteiger partial charge >= 0.3 is 0 Å². The maximum Gasteiger partial charge on any atom is 0.251 e. The second-order valence-electron chi connectivity index (χ2n) is 5.98. The zero-order valence-corrected chi connectivity index (χ0v) is 13.5. The van der Waals surface area contributed by atoms with Crippen LogP contribution in [0.1, 0.15) is 30.1 Å². The van der Waals surface area contributed by atoms with Crippen LogP contribution in [0.3, 0.4) is 0 Å². The summed E-state index contributed by atoms with van der Waals surface area (Å²) in [6.07, 6.45) is 5.56. The lowest BCUT2D eigenvalue weighted by Crippen LogP contribution is -2.41. The van der Waals surface area contributed by atoms with Gasteiger partial charge in [0.25, 0.3) is 5.91 Å². The van der Waals surface area contributed by atoms with Gasteiger partial charge < -0.3 is 15.4 Å². The number of nitrogens with one attached hydrogen (secondary N) is 2. The van der Waals surface area contributed by atoms with Crippen molar-refractivity contribution >= 4 is 17.3 Å². The Morgan fingerprint density at radius 3 is 3.00 bits per heavy atom. The highest BCUT2D eigenvalue weighted by Gasteiger charge is 2.21. The molecule has 2 heterocycles. The Morgan fingerprint density at radius 2 is 2.26 bits per heavy atom. The molecule has 1 amide bonds. The van der Waals surface area contributed by atoms with Gasteiger partial charge in [-0.25, -0.2) is 0 Å². The van der Waals surface area contributed by atoms with E-state index >= 15 is 0 Å². The van der Waals surface area contributed by atoms with Crippen molar-refractivity contribution in [3.05, 3.63) is 42.2 Å². The Balaban J connectivity index is 1.65. The number of hydrogen-bond donors (Lipinski definition) is 2. The number of rotatable bonds is 4. The Bertz CT molecular complexity index is 683. The minimum Gasteiger partial charge on any atom is -0.378 e. The number of carbonyl (C=O) groups excluding carboxylic acids is 1. The summed E-state index contributed by atoms with van der Waals surface area (Å²) in [6.45, 7) is 2.74. The normalized spacial score (nSPS) is 21.0. The number of benzene rings is 1. The number of aromatic nitrogens is 2. The average Bonchev–Trinajstić information content (AvgIpc) is 2.92. The molecule has 3 rings (SSSR count). The van der Waals surface area contributed by atoms with Crippen molar-refractivity contribution in [1.29, 1.82) is 0 Å². The van der Waals surface area contributed by atoms with E-state index in [0.29, 0.717) is 12.2 Å². The predicted octanol–water partition coefficient (Wildman–Crippen LogP) is 2.46. The van der Waals surface area contributed by atoms with Gasteiger partial charge in [0.2, 0.25) is 0 Å². The van der Waals surface area contributed by atoms with Crippen LogP contribution in [0.2, 0.25) is 0 Å². The second kappa shape index (κ2) is 6.83. The van der Waals surface area contributed by atoms with E-state index in [1.165, 1.54) is 0 Å². The van der Waals surface area contributed by atoms with E-state index in [9.17, 15) is 4.79 Å². The number of amides is 1. The Labute approximate surface area is 135 Å². The third-order valence-electron chi connectivity index (χ3n) is 3.94. The third kappa shape index (κ3) is 4.10. The maximum atomic E-state index is 12.4. The van der Waals surface area contributed by atoms with Crippen LogP contribution >= 0.6 is 0 Å². The van der Waals surface area contributed by atoms with E-state index in [1.54, 1.807) is 10.9 Å². The molecule has 122 valence electrons. The van der Waals surface area contributed by atoms with Gasteiger partial charge in [0, 0.05) is 37.1 Å². The van der Waals surface area contributed by atoms with Crippen molar-refractivity contribution in [2.45, 2.75) is 31.9 Å². The van der Waals surface area contributed by atoms with Crippen LogP contribution in [0.25, 0.3) is 0 Å². The zero-order chi connectivity index (χ0) is 16.2. The molecule has 0 saturated carbocycles. The summed E-state index contributed by atoms with van der Waals surface area (Å²) in [7, 11) is 1.87. The Hall–Kier alpha value is -2.34. The van der Waals surface area contributed by atoms with E-state index < -0.39 is 0 Å². The molecule has 0 bridgehead atoms. The maximum absolute atomic E-state index is 12.4. The topological polar surface area (TPSA) is 68.2 Å². The molecular formula is C17H22N4O2. The van der Waals surface area contributed by atoms with Gasteiger partial charge in [0.05, 0.1) is 18.0 Å². The molecule has 2 aromatic rings. The van der Waals surface area contributed by atoms with Gasteiger partial charge in [0.1, 0.15) is 0 Å². The van der Waals surface area contributed by atoms with E-state index in [4.69, 9.17) is 4.74 Å². The highest BCUT2D eigenvalue weighted by molar-refractivity contribution is 5.95. The van der Waals surface area contributed by atoms with Gasteiger partial charge in [-0.15, -0.1) is 0 Å². The van der Waals surface area contributed by atoms with Gasteiger partial charge in [-0.1, -0.05) is 6.07 Å². The third-order valence-corrected chi connectivity index (χ3v) is 3.94. The summed E-state index contributed by atoms with van der Waals surface area (Å²) < 4.78 is 7.24. The van der Waals surface area contributed by atoms with E-state index in [2.05, 4.69) is 15.7 Å². The quantitative estimate of drug-likeness (QED) is 0.909. The largest absolute Gasteiger partial charge is 0.378 e. The molecule has 1 saturated heterocycles. The summed E-state index contributed by atoms with van der Waals surface area (Å²) in [5.74, 6) is -0.0427. The highest BCUT2D eigenvalue weighted by atomic mass is 16.5. The predicted molar refractivity (Wildman–Crippen MR) is 88.8 cm³/mol. The van der Waals surface area contributed by atoms with Crippen LogP contribution in [0, 0.1) is 0 Å². The molecule has 1 fully saturated rings. The number of ether oxygens (including phenoxy) is 1. The Morgan fingerprint density at radius 1 is 1.39 bits per heavy atom. The van der Waals surface area contributed by atoms with Gasteiger partial charge in [-0.2, -0.15) is 5.10 Å².